The zero-order valence-electron chi connectivity index (χ0n) is 11.2. The van der Waals surface area contributed by atoms with Crippen molar-refractivity contribution in [2.45, 2.75) is 39.5 Å². The van der Waals surface area contributed by atoms with E-state index in [4.69, 9.17) is 5.73 Å². The van der Waals surface area contributed by atoms with Gasteiger partial charge in [0.05, 0.1) is 11.4 Å². The van der Waals surface area contributed by atoms with Crippen molar-refractivity contribution < 1.29 is 0 Å². The number of aromatic nitrogens is 2. The molecule has 1 saturated carbocycles. The quantitative estimate of drug-likeness (QED) is 0.848. The van der Waals surface area contributed by atoms with Gasteiger partial charge in [0.15, 0.2) is 0 Å². The highest BCUT2D eigenvalue weighted by Gasteiger charge is 2.19. The van der Waals surface area contributed by atoms with Crippen molar-refractivity contribution in [1.82, 2.24) is 9.78 Å². The zero-order chi connectivity index (χ0) is 12.4. The van der Waals surface area contributed by atoms with Crippen LogP contribution in [0.3, 0.4) is 0 Å². The summed E-state index contributed by atoms with van der Waals surface area (Å²) < 4.78 is 1.84. The predicted octanol–water partition coefficient (Wildman–Crippen LogP) is 2.55. The maximum absolute atomic E-state index is 6.00. The molecule has 4 heteroatoms. The van der Waals surface area contributed by atoms with Crippen LogP contribution in [0, 0.1) is 18.8 Å². The van der Waals surface area contributed by atoms with Crippen molar-refractivity contribution in [3.63, 3.8) is 0 Å². The second-order valence-corrected chi connectivity index (χ2v) is 5.49. The van der Waals surface area contributed by atoms with Crippen molar-refractivity contribution in [3.8, 4) is 0 Å². The lowest BCUT2D eigenvalue weighted by atomic mass is 9.82. The zero-order valence-corrected chi connectivity index (χ0v) is 11.2. The Balaban J connectivity index is 1.93. The first-order chi connectivity index (χ1) is 8.08. The molecule has 0 aromatic carbocycles. The number of hydrogen-bond donors (Lipinski definition) is 2. The summed E-state index contributed by atoms with van der Waals surface area (Å²) in [7, 11) is 1.94. The maximum atomic E-state index is 6.00. The Morgan fingerprint density at radius 2 is 2.24 bits per heavy atom. The maximum Gasteiger partial charge on any atom is 0.147 e. The Morgan fingerprint density at radius 1 is 1.47 bits per heavy atom. The molecule has 96 valence electrons. The van der Waals surface area contributed by atoms with Gasteiger partial charge in [0.1, 0.15) is 5.82 Å². The van der Waals surface area contributed by atoms with Crippen LogP contribution >= 0.6 is 0 Å². The van der Waals surface area contributed by atoms with Crippen LogP contribution in [0.5, 0.6) is 0 Å². The van der Waals surface area contributed by atoms with Crippen LogP contribution in [0.4, 0.5) is 11.5 Å². The number of aryl methyl sites for hydroxylation is 2. The smallest absolute Gasteiger partial charge is 0.147 e. The van der Waals surface area contributed by atoms with Gasteiger partial charge in [-0.25, -0.2) is 0 Å². The van der Waals surface area contributed by atoms with Crippen LogP contribution in [0.2, 0.25) is 0 Å². The number of rotatable bonds is 3. The Bertz CT molecular complexity index is 383. The van der Waals surface area contributed by atoms with Crippen LogP contribution in [0.15, 0.2) is 0 Å². The van der Waals surface area contributed by atoms with Gasteiger partial charge in [-0.2, -0.15) is 5.10 Å². The fourth-order valence-electron chi connectivity index (χ4n) is 2.87. The molecular weight excluding hydrogens is 212 g/mol. The second kappa shape index (κ2) is 4.98. The standard InChI is InChI=1S/C13H24N4/c1-9-5-4-6-11(7-9)8-15-13-12(14)10(2)16-17(13)3/h9,11,15H,4-8,14H2,1-3H3. The Hall–Kier alpha value is -1.19. The predicted molar refractivity (Wildman–Crippen MR) is 72.0 cm³/mol. The topological polar surface area (TPSA) is 55.9 Å². The molecule has 2 rings (SSSR count). The summed E-state index contributed by atoms with van der Waals surface area (Å²) in [6.07, 6.45) is 5.44. The average molecular weight is 236 g/mol. The second-order valence-electron chi connectivity index (χ2n) is 5.49. The number of nitrogens with two attached hydrogens (primary N) is 1. The van der Waals surface area contributed by atoms with Crippen LogP contribution in [-0.4, -0.2) is 16.3 Å². The molecule has 1 aromatic rings. The van der Waals surface area contributed by atoms with Crippen molar-refractivity contribution in [2.75, 3.05) is 17.6 Å². The van der Waals surface area contributed by atoms with E-state index >= 15 is 0 Å². The van der Waals surface area contributed by atoms with Gasteiger partial charge < -0.3 is 11.1 Å². The molecule has 1 aliphatic rings. The monoisotopic (exact) mass is 236 g/mol. The summed E-state index contributed by atoms with van der Waals surface area (Å²) in [5.41, 5.74) is 7.70. The third-order valence-electron chi connectivity index (χ3n) is 3.87. The molecule has 0 bridgehead atoms. The van der Waals surface area contributed by atoms with Gasteiger partial charge in [0.2, 0.25) is 0 Å². The van der Waals surface area contributed by atoms with Gasteiger partial charge in [0, 0.05) is 13.6 Å². The third kappa shape index (κ3) is 2.73. The molecule has 0 saturated heterocycles. The molecule has 0 aliphatic heterocycles. The highest BCUT2D eigenvalue weighted by atomic mass is 15.3. The summed E-state index contributed by atoms with van der Waals surface area (Å²) in [4.78, 5) is 0. The van der Waals surface area contributed by atoms with E-state index in [1.165, 1.54) is 25.7 Å². The number of anilines is 2. The molecule has 1 aliphatic carbocycles. The molecule has 2 unspecified atom stereocenters. The highest BCUT2D eigenvalue weighted by molar-refractivity contribution is 5.64. The molecule has 17 heavy (non-hydrogen) atoms. The van der Waals surface area contributed by atoms with Gasteiger partial charge >= 0.3 is 0 Å². The molecule has 1 heterocycles. The van der Waals surface area contributed by atoms with E-state index in [0.29, 0.717) is 0 Å². The first-order valence-electron chi connectivity index (χ1n) is 6.61. The van der Waals surface area contributed by atoms with E-state index in [-0.39, 0.29) is 0 Å². The van der Waals surface area contributed by atoms with Crippen molar-refractivity contribution in [2.24, 2.45) is 18.9 Å². The summed E-state index contributed by atoms with van der Waals surface area (Å²) in [5.74, 6) is 2.63. The van der Waals surface area contributed by atoms with E-state index < -0.39 is 0 Å². The number of nitrogen functional groups attached to an aromatic ring is 1. The molecule has 4 nitrogen and oxygen atoms in total. The van der Waals surface area contributed by atoms with E-state index in [1.807, 2.05) is 18.7 Å². The largest absolute Gasteiger partial charge is 0.394 e. The van der Waals surface area contributed by atoms with E-state index in [0.717, 1.165) is 35.6 Å². The minimum absolute atomic E-state index is 0.786. The fraction of sp³-hybridized carbons (Fsp3) is 0.769. The molecule has 3 N–H and O–H groups in total. The van der Waals surface area contributed by atoms with Crippen LogP contribution in [0.1, 0.15) is 38.3 Å². The van der Waals surface area contributed by atoms with Crippen LogP contribution in [0.25, 0.3) is 0 Å². The van der Waals surface area contributed by atoms with Gasteiger partial charge in [-0.3, -0.25) is 4.68 Å². The van der Waals surface area contributed by atoms with Gasteiger partial charge in [-0.15, -0.1) is 0 Å². The number of nitrogens with zero attached hydrogens (tertiary/aromatic N) is 2. The summed E-state index contributed by atoms with van der Waals surface area (Å²) in [5, 5.41) is 7.79. The van der Waals surface area contributed by atoms with Crippen molar-refractivity contribution >= 4 is 11.5 Å². The van der Waals surface area contributed by atoms with Crippen LogP contribution < -0.4 is 11.1 Å². The minimum Gasteiger partial charge on any atom is -0.394 e. The SMILES string of the molecule is Cc1nn(C)c(NCC2CCCC(C)C2)c1N. The lowest BCUT2D eigenvalue weighted by Gasteiger charge is -2.27. The molecule has 0 radical (unpaired) electrons. The summed E-state index contributed by atoms with van der Waals surface area (Å²) >= 11 is 0. The first kappa shape index (κ1) is 12.3. The Morgan fingerprint density at radius 3 is 2.82 bits per heavy atom. The van der Waals surface area contributed by atoms with Crippen LogP contribution in [-0.2, 0) is 7.05 Å². The van der Waals surface area contributed by atoms with Crippen molar-refractivity contribution in [1.29, 1.82) is 0 Å². The highest BCUT2D eigenvalue weighted by Crippen LogP contribution is 2.29. The van der Waals surface area contributed by atoms with E-state index in [1.54, 1.807) is 0 Å². The Labute approximate surface area is 104 Å². The average Bonchev–Trinajstić information content (AvgIpc) is 2.51. The number of nitrogens with one attached hydrogen (secondary N) is 1. The molecule has 0 spiro atoms. The molecule has 1 fully saturated rings. The van der Waals surface area contributed by atoms with Crippen molar-refractivity contribution in [3.05, 3.63) is 5.69 Å². The minimum atomic E-state index is 0.786. The van der Waals surface area contributed by atoms with Gasteiger partial charge in [0.25, 0.3) is 0 Å². The summed E-state index contributed by atoms with van der Waals surface area (Å²) in [6, 6.07) is 0. The molecule has 2 atom stereocenters. The molecular formula is C13H24N4. The lowest BCUT2D eigenvalue weighted by Crippen LogP contribution is -2.22. The summed E-state index contributed by atoms with van der Waals surface area (Å²) in [6.45, 7) is 5.32. The molecule has 1 aromatic heterocycles. The third-order valence-corrected chi connectivity index (χ3v) is 3.87. The van der Waals surface area contributed by atoms with E-state index in [9.17, 15) is 0 Å². The lowest BCUT2D eigenvalue weighted by molar-refractivity contribution is 0.293. The normalized spacial score (nSPS) is 24.9. The first-order valence-corrected chi connectivity index (χ1v) is 6.61. The number of hydrogen-bond acceptors (Lipinski definition) is 3. The molecule has 0 amide bonds. The van der Waals surface area contributed by atoms with E-state index in [2.05, 4.69) is 17.3 Å². The van der Waals surface area contributed by atoms with Gasteiger partial charge in [-0.05, 0) is 31.6 Å². The fourth-order valence-corrected chi connectivity index (χ4v) is 2.87. The van der Waals surface area contributed by atoms with Gasteiger partial charge in [-0.1, -0.05) is 19.8 Å². The Kier molecular flexibility index (Phi) is 3.60.